The first-order valence-corrected chi connectivity index (χ1v) is 6.76. The quantitative estimate of drug-likeness (QED) is 0.397. The van der Waals surface area contributed by atoms with Crippen molar-refractivity contribution >= 4 is 9.24 Å². The Morgan fingerprint density at radius 1 is 0.846 bits per heavy atom. The van der Waals surface area contributed by atoms with Gasteiger partial charge in [0.15, 0.2) is 0 Å². The molecule has 0 nitrogen and oxygen atoms in total. The predicted octanol–water partition coefficient (Wildman–Crippen LogP) is 4.64. The molecule has 0 rings (SSSR count). The van der Waals surface area contributed by atoms with Gasteiger partial charge in [0.2, 0.25) is 0 Å². The molecule has 1 atom stereocenters. The molecule has 0 aliphatic rings. The lowest BCUT2D eigenvalue weighted by Gasteiger charge is -2.30. The second-order valence-electron chi connectivity index (χ2n) is 4.16. The van der Waals surface area contributed by atoms with E-state index in [1.54, 1.807) is 0 Å². The molecule has 80 valence electrons. The summed E-state index contributed by atoms with van der Waals surface area (Å²) in [4.78, 5) is 0. The maximum absolute atomic E-state index is 2.82. The molecule has 0 radical (unpaired) electrons. The van der Waals surface area contributed by atoms with Crippen LogP contribution in [0.2, 0.25) is 0 Å². The molecule has 0 N–H and O–H groups in total. The Morgan fingerprint density at radius 3 is 1.77 bits per heavy atom. The zero-order chi connectivity index (χ0) is 10.2. The van der Waals surface area contributed by atoms with Gasteiger partial charge in [0.25, 0.3) is 0 Å². The molecule has 0 amide bonds. The summed E-state index contributed by atoms with van der Waals surface area (Å²) in [5.41, 5.74) is 0.668. The molecular formula is C12H27P. The number of hydrogen-bond donors (Lipinski definition) is 0. The van der Waals surface area contributed by atoms with Gasteiger partial charge in [0.05, 0.1) is 0 Å². The van der Waals surface area contributed by atoms with Crippen LogP contribution in [0.3, 0.4) is 0 Å². The molecule has 0 aliphatic carbocycles. The Labute approximate surface area is 87.1 Å². The fourth-order valence-electron chi connectivity index (χ4n) is 2.10. The van der Waals surface area contributed by atoms with Crippen molar-refractivity contribution in [3.8, 4) is 0 Å². The first-order valence-electron chi connectivity index (χ1n) is 5.94. The van der Waals surface area contributed by atoms with Crippen LogP contribution in [0, 0.1) is 5.41 Å². The van der Waals surface area contributed by atoms with Gasteiger partial charge in [-0.1, -0.05) is 52.9 Å². The summed E-state index contributed by atoms with van der Waals surface area (Å²) in [6, 6.07) is 0. The highest BCUT2D eigenvalue weighted by atomic mass is 31.0. The average Bonchev–Trinajstić information content (AvgIpc) is 2.20. The summed E-state index contributed by atoms with van der Waals surface area (Å²) in [7, 11) is 2.82. The molecule has 1 unspecified atom stereocenters. The molecule has 0 bridgehead atoms. The summed E-state index contributed by atoms with van der Waals surface area (Å²) >= 11 is 0. The summed E-state index contributed by atoms with van der Waals surface area (Å²) in [6.07, 6.45) is 11.0. The lowest BCUT2D eigenvalue weighted by molar-refractivity contribution is 0.221. The monoisotopic (exact) mass is 202 g/mol. The highest BCUT2D eigenvalue weighted by molar-refractivity contribution is 7.16. The summed E-state index contributed by atoms with van der Waals surface area (Å²) in [5.74, 6) is 0. The third-order valence-corrected chi connectivity index (χ3v) is 4.07. The summed E-state index contributed by atoms with van der Waals surface area (Å²) in [5, 5.41) is 0. The molecule has 0 aliphatic heterocycles. The van der Waals surface area contributed by atoms with E-state index in [2.05, 4.69) is 30.0 Å². The lowest BCUT2D eigenvalue weighted by Crippen LogP contribution is -2.17. The van der Waals surface area contributed by atoms with E-state index in [-0.39, 0.29) is 0 Å². The van der Waals surface area contributed by atoms with Crippen LogP contribution >= 0.6 is 9.24 Å². The molecule has 0 saturated heterocycles. The smallest absolute Gasteiger partial charge is 0.0305 e. The lowest BCUT2D eigenvalue weighted by atomic mass is 9.76. The van der Waals surface area contributed by atoms with Gasteiger partial charge in [0, 0.05) is 0 Å². The number of hydrogen-bond acceptors (Lipinski definition) is 0. The predicted molar refractivity (Wildman–Crippen MR) is 66.4 cm³/mol. The molecule has 0 saturated carbocycles. The first kappa shape index (κ1) is 13.4. The van der Waals surface area contributed by atoms with Gasteiger partial charge in [0.1, 0.15) is 0 Å². The van der Waals surface area contributed by atoms with E-state index in [0.717, 1.165) is 0 Å². The molecule has 0 aromatic heterocycles. The molecule has 0 aromatic rings. The third kappa shape index (κ3) is 5.01. The van der Waals surface area contributed by atoms with Crippen molar-refractivity contribution in [2.24, 2.45) is 5.41 Å². The maximum Gasteiger partial charge on any atom is -0.0305 e. The van der Waals surface area contributed by atoms with E-state index >= 15 is 0 Å². The molecule has 0 fully saturated rings. The topological polar surface area (TPSA) is 0 Å². The van der Waals surface area contributed by atoms with Crippen LogP contribution in [-0.2, 0) is 0 Å². The maximum atomic E-state index is 2.82. The second-order valence-corrected chi connectivity index (χ2v) is 4.74. The molecule has 0 aromatic carbocycles. The zero-order valence-electron chi connectivity index (χ0n) is 9.73. The first-order chi connectivity index (χ1) is 6.24. The Hall–Kier alpha value is 0.430. The van der Waals surface area contributed by atoms with Crippen LogP contribution in [-0.4, -0.2) is 6.16 Å². The minimum Gasteiger partial charge on any atom is -0.138 e. The summed E-state index contributed by atoms with van der Waals surface area (Å²) in [6.45, 7) is 7.05. The van der Waals surface area contributed by atoms with E-state index in [4.69, 9.17) is 0 Å². The van der Waals surface area contributed by atoms with E-state index in [9.17, 15) is 0 Å². The van der Waals surface area contributed by atoms with Crippen LogP contribution in [0.5, 0.6) is 0 Å². The van der Waals surface area contributed by atoms with E-state index < -0.39 is 0 Å². The van der Waals surface area contributed by atoms with Crippen LogP contribution in [0.15, 0.2) is 0 Å². The van der Waals surface area contributed by atoms with Crippen molar-refractivity contribution in [3.05, 3.63) is 0 Å². The Kier molecular flexibility index (Phi) is 8.06. The molecule has 13 heavy (non-hydrogen) atoms. The fraction of sp³-hybridized carbons (Fsp3) is 1.00. The average molecular weight is 202 g/mol. The normalized spacial score (nSPS) is 12.0. The van der Waals surface area contributed by atoms with Gasteiger partial charge < -0.3 is 0 Å². The van der Waals surface area contributed by atoms with Crippen molar-refractivity contribution in [2.45, 2.75) is 65.7 Å². The summed E-state index contributed by atoms with van der Waals surface area (Å²) < 4.78 is 0. The van der Waals surface area contributed by atoms with Crippen molar-refractivity contribution in [3.63, 3.8) is 0 Å². The zero-order valence-corrected chi connectivity index (χ0v) is 10.9. The molecule has 1 heteroatoms. The van der Waals surface area contributed by atoms with Gasteiger partial charge in [-0.15, -0.1) is 9.24 Å². The van der Waals surface area contributed by atoms with Crippen LogP contribution in [0.4, 0.5) is 0 Å². The highest BCUT2D eigenvalue weighted by Crippen LogP contribution is 2.35. The minimum absolute atomic E-state index is 0.668. The van der Waals surface area contributed by atoms with E-state index in [0.29, 0.717) is 5.41 Å². The van der Waals surface area contributed by atoms with Crippen molar-refractivity contribution in [1.29, 1.82) is 0 Å². The van der Waals surface area contributed by atoms with Gasteiger partial charge in [-0.25, -0.2) is 0 Å². The minimum atomic E-state index is 0.668. The number of rotatable bonds is 8. The third-order valence-electron chi connectivity index (χ3n) is 3.66. The van der Waals surface area contributed by atoms with Crippen molar-refractivity contribution in [2.75, 3.05) is 6.16 Å². The number of unbranched alkanes of at least 4 members (excludes halogenated alkanes) is 2. The molecular weight excluding hydrogens is 175 g/mol. The van der Waals surface area contributed by atoms with Crippen LogP contribution in [0.1, 0.15) is 65.7 Å². The Balaban J connectivity index is 3.68. The van der Waals surface area contributed by atoms with Gasteiger partial charge in [-0.3, -0.25) is 0 Å². The van der Waals surface area contributed by atoms with Gasteiger partial charge in [-0.2, -0.15) is 0 Å². The Bertz CT molecular complexity index is 97.4. The van der Waals surface area contributed by atoms with E-state index in [1.165, 1.54) is 51.1 Å². The van der Waals surface area contributed by atoms with Gasteiger partial charge >= 0.3 is 0 Å². The van der Waals surface area contributed by atoms with Crippen LogP contribution in [0.25, 0.3) is 0 Å². The van der Waals surface area contributed by atoms with Crippen LogP contribution < -0.4 is 0 Å². The van der Waals surface area contributed by atoms with Crippen molar-refractivity contribution < 1.29 is 0 Å². The Morgan fingerprint density at radius 2 is 1.38 bits per heavy atom. The van der Waals surface area contributed by atoms with E-state index in [1.807, 2.05) is 0 Å². The van der Waals surface area contributed by atoms with Crippen molar-refractivity contribution in [1.82, 2.24) is 0 Å². The SMILES string of the molecule is CCC(CC)(CC)CCCCCP. The standard InChI is InChI=1S/C12H27P/c1-4-12(5-2,6-3)10-8-7-9-11-13/h4-11,13H2,1-3H3. The molecule has 0 spiro atoms. The fourth-order valence-corrected chi connectivity index (χ4v) is 2.39. The van der Waals surface area contributed by atoms with Gasteiger partial charge in [-0.05, 0) is 24.4 Å². The highest BCUT2D eigenvalue weighted by Gasteiger charge is 2.22. The largest absolute Gasteiger partial charge is 0.138 e. The molecule has 0 heterocycles. The second kappa shape index (κ2) is 7.80.